The number of aromatic nitrogens is 5. The Morgan fingerprint density at radius 2 is 1.84 bits per heavy atom. The van der Waals surface area contributed by atoms with Crippen molar-refractivity contribution in [2.75, 3.05) is 24.1 Å². The van der Waals surface area contributed by atoms with Crippen LogP contribution < -0.4 is 16.5 Å². The lowest BCUT2D eigenvalue weighted by Gasteiger charge is -2.28. The number of nitrogen functional groups attached to an aromatic ring is 1. The molecule has 12 heteroatoms. The predicted octanol–water partition coefficient (Wildman–Crippen LogP) is 4.82. The number of carbonyl (C=O) groups is 2. The second-order valence-electron chi connectivity index (χ2n) is 11.6. The van der Waals surface area contributed by atoms with Gasteiger partial charge in [0.15, 0.2) is 5.82 Å². The second kappa shape index (κ2) is 11.9. The van der Waals surface area contributed by atoms with Gasteiger partial charge in [0, 0.05) is 65.6 Å². The third kappa shape index (κ3) is 5.54. The molecule has 5 aromatic rings. The molecule has 1 aliphatic rings. The number of piperidine rings is 1. The molecule has 6 rings (SSSR count). The van der Waals surface area contributed by atoms with Gasteiger partial charge in [-0.15, -0.1) is 0 Å². The van der Waals surface area contributed by atoms with Crippen LogP contribution in [-0.2, 0) is 4.79 Å². The number of anilines is 2. The van der Waals surface area contributed by atoms with E-state index in [-0.39, 0.29) is 23.1 Å². The highest BCUT2D eigenvalue weighted by Crippen LogP contribution is 2.37. The van der Waals surface area contributed by atoms with E-state index in [1.165, 1.54) is 18.6 Å². The van der Waals surface area contributed by atoms with Crippen LogP contribution in [-0.4, -0.2) is 54.5 Å². The van der Waals surface area contributed by atoms with Gasteiger partial charge in [-0.2, -0.15) is 5.10 Å². The third-order valence-electron chi connectivity index (χ3n) is 8.44. The molecule has 0 atom stereocenters. The first-order valence-corrected chi connectivity index (χ1v) is 14.8. The first kappa shape index (κ1) is 29.7. The minimum Gasteiger partial charge on any atom is -0.382 e. The van der Waals surface area contributed by atoms with Crippen molar-refractivity contribution in [3.8, 4) is 22.3 Å². The number of halogens is 1. The van der Waals surface area contributed by atoms with Crippen molar-refractivity contribution < 1.29 is 14.0 Å². The summed E-state index contributed by atoms with van der Waals surface area (Å²) in [5.41, 5.74) is 10.8. The van der Waals surface area contributed by atoms with Gasteiger partial charge in [-0.25, -0.2) is 13.9 Å². The van der Waals surface area contributed by atoms with Crippen molar-refractivity contribution in [3.05, 3.63) is 94.3 Å². The van der Waals surface area contributed by atoms with Crippen molar-refractivity contribution in [2.24, 2.45) is 0 Å². The zero-order chi connectivity index (χ0) is 31.8. The maximum atomic E-state index is 14.0. The monoisotopic (exact) mass is 608 g/mol. The molecular weight excluding hydrogens is 575 g/mol. The Kier molecular flexibility index (Phi) is 7.88. The van der Waals surface area contributed by atoms with Crippen LogP contribution in [0, 0.1) is 12.7 Å². The first-order valence-electron chi connectivity index (χ1n) is 14.8. The van der Waals surface area contributed by atoms with Crippen molar-refractivity contribution in [1.29, 1.82) is 0 Å². The molecule has 0 saturated carbocycles. The van der Waals surface area contributed by atoms with Gasteiger partial charge in [-0.3, -0.25) is 19.4 Å². The number of nitrogens with one attached hydrogen (secondary N) is 1. The number of amides is 2. The first-order chi connectivity index (χ1) is 21.7. The van der Waals surface area contributed by atoms with Crippen LogP contribution in [0.25, 0.3) is 27.8 Å². The molecule has 230 valence electrons. The number of fused-ring (bicyclic) bond motifs is 1. The van der Waals surface area contributed by atoms with Gasteiger partial charge in [-0.05, 0) is 63.4 Å². The van der Waals surface area contributed by atoms with Crippen LogP contribution in [0.2, 0.25) is 0 Å². The van der Waals surface area contributed by atoms with Crippen molar-refractivity contribution in [1.82, 2.24) is 29.0 Å². The molecule has 5 heterocycles. The Hall–Kier alpha value is -5.39. The number of likely N-dealkylation sites (tertiary alicyclic amines) is 1. The number of carbonyl (C=O) groups excluding carboxylic acids is 2. The highest BCUT2D eigenvalue weighted by molar-refractivity contribution is 6.05. The number of nitrogens with two attached hydrogens (primary N) is 1. The zero-order valence-corrected chi connectivity index (χ0v) is 25.2. The number of pyridine rings is 2. The van der Waals surface area contributed by atoms with Gasteiger partial charge >= 0.3 is 0 Å². The lowest BCUT2D eigenvalue weighted by Crippen LogP contribution is -2.32. The van der Waals surface area contributed by atoms with E-state index in [1.54, 1.807) is 30.2 Å². The number of hydrogen-bond acceptors (Lipinski definition) is 7. The summed E-state index contributed by atoms with van der Waals surface area (Å²) in [6.07, 6.45) is 7.97. The highest BCUT2D eigenvalue weighted by atomic mass is 19.1. The number of hydrogen-bond donors (Lipinski definition) is 2. The summed E-state index contributed by atoms with van der Waals surface area (Å²) in [6, 6.07) is 10.5. The number of nitrogens with zero attached hydrogens (tertiary/aromatic N) is 6. The fourth-order valence-electron chi connectivity index (χ4n) is 6.14. The fraction of sp³-hybridized carbons (Fsp3) is 0.273. The third-order valence-corrected chi connectivity index (χ3v) is 8.44. The molecule has 0 radical (unpaired) electrons. The van der Waals surface area contributed by atoms with Crippen LogP contribution in [0.1, 0.15) is 60.4 Å². The average Bonchev–Trinajstić information content (AvgIpc) is 3.42. The van der Waals surface area contributed by atoms with Gasteiger partial charge in [-0.1, -0.05) is 12.1 Å². The zero-order valence-electron chi connectivity index (χ0n) is 25.2. The Balaban J connectivity index is 1.31. The summed E-state index contributed by atoms with van der Waals surface area (Å²) >= 11 is 0. The van der Waals surface area contributed by atoms with Gasteiger partial charge in [0.1, 0.15) is 23.2 Å². The Labute approximate surface area is 258 Å². The normalized spacial score (nSPS) is 13.8. The Bertz CT molecular complexity index is 1980. The van der Waals surface area contributed by atoms with E-state index in [0.29, 0.717) is 41.4 Å². The summed E-state index contributed by atoms with van der Waals surface area (Å²) < 4.78 is 17.7. The summed E-state index contributed by atoms with van der Waals surface area (Å²) in [5, 5.41) is 7.33. The summed E-state index contributed by atoms with van der Waals surface area (Å²) in [5.74, 6) is -0.604. The molecular formula is C33H33FN8O3. The summed E-state index contributed by atoms with van der Waals surface area (Å²) in [7, 11) is 0. The molecule has 0 spiro atoms. The molecule has 4 aromatic heterocycles. The average molecular weight is 609 g/mol. The van der Waals surface area contributed by atoms with E-state index in [2.05, 4.69) is 26.4 Å². The van der Waals surface area contributed by atoms with Gasteiger partial charge in [0.2, 0.25) is 11.8 Å². The van der Waals surface area contributed by atoms with Crippen LogP contribution in [0.15, 0.2) is 66.1 Å². The Morgan fingerprint density at radius 1 is 1.11 bits per heavy atom. The molecule has 1 aromatic carbocycles. The van der Waals surface area contributed by atoms with Crippen LogP contribution in [0.3, 0.4) is 0 Å². The van der Waals surface area contributed by atoms with Gasteiger partial charge in [0.05, 0.1) is 11.8 Å². The van der Waals surface area contributed by atoms with E-state index in [4.69, 9.17) is 5.73 Å². The van der Waals surface area contributed by atoms with Gasteiger partial charge < -0.3 is 20.5 Å². The van der Waals surface area contributed by atoms with Crippen LogP contribution >= 0.6 is 0 Å². The van der Waals surface area contributed by atoms with Crippen LogP contribution in [0.4, 0.5) is 15.9 Å². The molecule has 0 aliphatic carbocycles. The molecule has 1 aliphatic heterocycles. The van der Waals surface area contributed by atoms with E-state index >= 15 is 0 Å². The highest BCUT2D eigenvalue weighted by Gasteiger charge is 2.26. The molecule has 2 amide bonds. The summed E-state index contributed by atoms with van der Waals surface area (Å²) in [6.45, 7) is 7.00. The molecule has 1 fully saturated rings. The molecule has 11 nitrogen and oxygen atoms in total. The SMILES string of the molecule is Cc1c(-c2cncc(F)c2)c(=O)c(C(=O)Nc2ccc(-c3cc(C4CCN(C=O)CC4)n4ncnc(N)c34)cc2)cn1C(C)C. The lowest BCUT2D eigenvalue weighted by atomic mass is 9.93. The van der Waals surface area contributed by atoms with Gasteiger partial charge in [0.25, 0.3) is 5.91 Å². The molecule has 1 saturated heterocycles. The number of rotatable bonds is 7. The standard InChI is InChI=1S/C33H33FN8O3/c1-19(2)41-16-27(31(44)29(20(41)3)23-12-24(34)15-36-14-23)33(45)39-25-6-4-21(5-7-25)26-13-28(22-8-10-40(18-43)11-9-22)42-30(26)32(35)37-17-38-42/h4-7,12-19,22H,8-11H2,1-3H3,(H,39,45)(H2,35,37,38). The van der Waals surface area contributed by atoms with E-state index in [0.717, 1.165) is 42.3 Å². The lowest BCUT2D eigenvalue weighted by molar-refractivity contribution is -0.119. The van der Waals surface area contributed by atoms with E-state index in [9.17, 15) is 18.8 Å². The smallest absolute Gasteiger partial charge is 0.261 e. The largest absolute Gasteiger partial charge is 0.382 e. The molecule has 45 heavy (non-hydrogen) atoms. The minimum atomic E-state index is -0.580. The van der Waals surface area contributed by atoms with Crippen LogP contribution in [0.5, 0.6) is 0 Å². The molecule has 0 unspecified atom stereocenters. The maximum Gasteiger partial charge on any atom is 0.261 e. The fourth-order valence-corrected chi connectivity index (χ4v) is 6.14. The second-order valence-corrected chi connectivity index (χ2v) is 11.6. The van der Waals surface area contributed by atoms with Crippen molar-refractivity contribution in [2.45, 2.75) is 45.6 Å². The molecule has 3 N–H and O–H groups in total. The van der Waals surface area contributed by atoms with Crippen molar-refractivity contribution in [3.63, 3.8) is 0 Å². The van der Waals surface area contributed by atoms with E-state index < -0.39 is 17.2 Å². The van der Waals surface area contributed by atoms with Crippen molar-refractivity contribution >= 4 is 29.3 Å². The minimum absolute atomic E-state index is 0.0622. The summed E-state index contributed by atoms with van der Waals surface area (Å²) in [4.78, 5) is 48.2. The maximum absolute atomic E-state index is 14.0. The predicted molar refractivity (Wildman–Crippen MR) is 169 cm³/mol. The van der Waals surface area contributed by atoms with E-state index in [1.807, 2.05) is 35.1 Å². The topological polar surface area (TPSA) is 141 Å². The quantitative estimate of drug-likeness (QED) is 0.253. The Morgan fingerprint density at radius 3 is 2.51 bits per heavy atom. The molecule has 0 bridgehead atoms. The number of benzene rings is 1.